The van der Waals surface area contributed by atoms with E-state index in [0.717, 1.165) is 6.92 Å². The molecule has 0 atom stereocenters. The molecule has 0 rings (SSSR count). The number of ether oxygens (including phenoxy) is 1. The number of rotatable bonds is 6. The first-order valence-electron chi connectivity index (χ1n) is 5.32. The molecule has 5 heteroatoms. The molecule has 0 aromatic carbocycles. The van der Waals surface area contributed by atoms with Gasteiger partial charge in [0.2, 0.25) is 0 Å². The lowest BCUT2D eigenvalue weighted by atomic mass is 9.78. The van der Waals surface area contributed by atoms with Crippen molar-refractivity contribution >= 4 is 17.9 Å². The van der Waals surface area contributed by atoms with Gasteiger partial charge in [0, 0.05) is 13.3 Å². The average Bonchev–Trinajstić information content (AvgIpc) is 2.18. The van der Waals surface area contributed by atoms with Crippen LogP contribution in [-0.2, 0) is 19.1 Å². The fourth-order valence-corrected chi connectivity index (χ4v) is 1.58. The number of carbonyl (C=O) groups excluding carboxylic acids is 2. The van der Waals surface area contributed by atoms with Crippen molar-refractivity contribution in [1.82, 2.24) is 0 Å². The highest BCUT2D eigenvalue weighted by Crippen LogP contribution is 2.33. The highest BCUT2D eigenvalue weighted by Gasteiger charge is 2.37. The van der Waals surface area contributed by atoms with Crippen molar-refractivity contribution in [3.8, 4) is 0 Å². The highest BCUT2D eigenvalue weighted by molar-refractivity contribution is 5.88. The van der Waals surface area contributed by atoms with E-state index in [2.05, 4.69) is 4.74 Å². The van der Waals surface area contributed by atoms with E-state index in [1.165, 1.54) is 0 Å². The van der Waals surface area contributed by atoms with Crippen molar-refractivity contribution in [2.75, 3.05) is 0 Å². The van der Waals surface area contributed by atoms with Gasteiger partial charge in [-0.3, -0.25) is 14.4 Å². The Balaban J connectivity index is 4.71. The van der Waals surface area contributed by atoms with Crippen molar-refractivity contribution in [3.05, 3.63) is 0 Å². The number of hydrogen-bond donors (Lipinski definition) is 1. The number of esters is 2. The maximum Gasteiger partial charge on any atom is 0.319 e. The molecule has 0 aromatic heterocycles. The molecule has 5 nitrogen and oxygen atoms in total. The summed E-state index contributed by atoms with van der Waals surface area (Å²) >= 11 is 0. The molecule has 0 aliphatic carbocycles. The molecule has 1 N–H and O–H groups in total. The van der Waals surface area contributed by atoms with Crippen LogP contribution in [-0.4, -0.2) is 23.0 Å². The van der Waals surface area contributed by atoms with Crippen molar-refractivity contribution < 1.29 is 24.2 Å². The second-order valence-electron chi connectivity index (χ2n) is 3.76. The average molecular weight is 230 g/mol. The van der Waals surface area contributed by atoms with E-state index in [4.69, 9.17) is 5.11 Å². The minimum Gasteiger partial charge on any atom is -0.481 e. The Bertz CT molecular complexity index is 278. The summed E-state index contributed by atoms with van der Waals surface area (Å²) in [4.78, 5) is 32.9. The molecule has 0 bridgehead atoms. The summed E-state index contributed by atoms with van der Waals surface area (Å²) in [7, 11) is 0. The van der Waals surface area contributed by atoms with Gasteiger partial charge in [0.1, 0.15) is 0 Å². The first-order chi connectivity index (χ1) is 7.38. The maximum absolute atomic E-state index is 11.7. The highest BCUT2D eigenvalue weighted by atomic mass is 16.6. The molecular formula is C11H18O5. The van der Waals surface area contributed by atoms with Crippen LogP contribution in [0.3, 0.4) is 0 Å². The number of hydrogen-bond acceptors (Lipinski definition) is 4. The monoisotopic (exact) mass is 230 g/mol. The molecule has 0 aliphatic heterocycles. The fraction of sp³-hybridized carbons (Fsp3) is 0.727. The van der Waals surface area contributed by atoms with Crippen molar-refractivity contribution in [2.45, 2.75) is 46.5 Å². The first kappa shape index (κ1) is 14.6. The van der Waals surface area contributed by atoms with E-state index in [1.54, 1.807) is 13.8 Å². The van der Waals surface area contributed by atoms with Crippen molar-refractivity contribution in [1.29, 1.82) is 0 Å². The summed E-state index contributed by atoms with van der Waals surface area (Å²) in [5.41, 5.74) is -0.857. The summed E-state index contributed by atoms with van der Waals surface area (Å²) in [5.74, 6) is -2.24. The van der Waals surface area contributed by atoms with Crippen molar-refractivity contribution in [3.63, 3.8) is 0 Å². The summed E-state index contributed by atoms with van der Waals surface area (Å²) in [6, 6.07) is 0. The molecule has 0 spiro atoms. The largest absolute Gasteiger partial charge is 0.481 e. The quantitative estimate of drug-likeness (QED) is 0.555. The number of carboxylic acids is 1. The van der Waals surface area contributed by atoms with E-state index >= 15 is 0 Å². The number of carbonyl (C=O) groups is 3. The van der Waals surface area contributed by atoms with Crippen LogP contribution in [0.15, 0.2) is 0 Å². The van der Waals surface area contributed by atoms with Crippen LogP contribution in [0.2, 0.25) is 0 Å². The topological polar surface area (TPSA) is 80.7 Å². The van der Waals surface area contributed by atoms with Gasteiger partial charge in [-0.25, -0.2) is 0 Å². The van der Waals surface area contributed by atoms with Gasteiger partial charge in [0.25, 0.3) is 0 Å². The van der Waals surface area contributed by atoms with Gasteiger partial charge in [-0.15, -0.1) is 0 Å². The van der Waals surface area contributed by atoms with Gasteiger partial charge in [0.05, 0.1) is 5.41 Å². The Morgan fingerprint density at radius 1 is 1.19 bits per heavy atom. The van der Waals surface area contributed by atoms with Gasteiger partial charge in [-0.05, 0) is 19.3 Å². The van der Waals surface area contributed by atoms with Gasteiger partial charge in [0.15, 0.2) is 0 Å². The van der Waals surface area contributed by atoms with Crippen LogP contribution < -0.4 is 0 Å². The molecule has 0 aliphatic rings. The minimum absolute atomic E-state index is 0.102. The lowest BCUT2D eigenvalue weighted by Gasteiger charge is -2.27. The third kappa shape index (κ3) is 4.00. The molecule has 0 aromatic rings. The van der Waals surface area contributed by atoms with Crippen LogP contribution in [0.25, 0.3) is 0 Å². The summed E-state index contributed by atoms with van der Waals surface area (Å²) in [6.45, 7) is 4.73. The molecule has 0 amide bonds. The minimum atomic E-state index is -0.957. The predicted molar refractivity (Wildman–Crippen MR) is 56.7 cm³/mol. The second kappa shape index (κ2) is 6.25. The normalized spacial score (nSPS) is 10.9. The molecule has 92 valence electrons. The molecule has 0 heterocycles. The number of aliphatic carboxylic acids is 1. The smallest absolute Gasteiger partial charge is 0.319 e. The van der Waals surface area contributed by atoms with Crippen LogP contribution >= 0.6 is 0 Å². The molecule has 0 radical (unpaired) electrons. The first-order valence-corrected chi connectivity index (χ1v) is 5.32. The third-order valence-corrected chi connectivity index (χ3v) is 2.84. The molecule has 0 saturated heterocycles. The molecule has 16 heavy (non-hydrogen) atoms. The van der Waals surface area contributed by atoms with E-state index in [1.807, 2.05) is 0 Å². The Hall–Kier alpha value is -1.39. The predicted octanol–water partition coefficient (Wildman–Crippen LogP) is 1.75. The Kier molecular flexibility index (Phi) is 5.71. The molecule has 0 unspecified atom stereocenters. The Morgan fingerprint density at radius 2 is 1.69 bits per heavy atom. The summed E-state index contributed by atoms with van der Waals surface area (Å²) in [6.07, 6.45) is 1.02. The molecular weight excluding hydrogens is 212 g/mol. The van der Waals surface area contributed by atoms with Crippen LogP contribution in [0.1, 0.15) is 46.5 Å². The number of carboxylic acid groups (broad SMARTS) is 1. The van der Waals surface area contributed by atoms with Gasteiger partial charge < -0.3 is 9.84 Å². The second-order valence-corrected chi connectivity index (χ2v) is 3.76. The maximum atomic E-state index is 11.7. The fourth-order valence-electron chi connectivity index (χ4n) is 1.58. The summed E-state index contributed by atoms with van der Waals surface area (Å²) < 4.78 is 4.56. The Labute approximate surface area is 94.8 Å². The van der Waals surface area contributed by atoms with Crippen LogP contribution in [0.4, 0.5) is 0 Å². The summed E-state index contributed by atoms with van der Waals surface area (Å²) in [5, 5.41) is 8.61. The van der Waals surface area contributed by atoms with E-state index < -0.39 is 23.3 Å². The zero-order chi connectivity index (χ0) is 12.8. The van der Waals surface area contributed by atoms with Gasteiger partial charge in [-0.2, -0.15) is 0 Å². The van der Waals surface area contributed by atoms with Crippen molar-refractivity contribution in [2.24, 2.45) is 5.41 Å². The zero-order valence-corrected chi connectivity index (χ0v) is 9.91. The molecule has 0 fully saturated rings. The lowest BCUT2D eigenvalue weighted by Crippen LogP contribution is -2.33. The molecule has 0 saturated carbocycles. The zero-order valence-electron chi connectivity index (χ0n) is 9.91. The van der Waals surface area contributed by atoms with Crippen LogP contribution in [0, 0.1) is 5.41 Å². The van der Waals surface area contributed by atoms with Gasteiger partial charge >= 0.3 is 17.9 Å². The lowest BCUT2D eigenvalue weighted by molar-refractivity contribution is -0.167. The van der Waals surface area contributed by atoms with E-state index in [0.29, 0.717) is 12.8 Å². The SMILES string of the molecule is CCC(CC)(CCC(=O)O)C(=O)OC(C)=O. The standard InChI is InChI=1S/C11H18O5/c1-4-11(5-2,7-6-9(13)14)10(15)16-8(3)12/h4-7H2,1-3H3,(H,13,14). The third-order valence-electron chi connectivity index (χ3n) is 2.84. The Morgan fingerprint density at radius 3 is 2.00 bits per heavy atom. The van der Waals surface area contributed by atoms with E-state index in [-0.39, 0.29) is 12.8 Å². The van der Waals surface area contributed by atoms with E-state index in [9.17, 15) is 14.4 Å². The van der Waals surface area contributed by atoms with Crippen LogP contribution in [0.5, 0.6) is 0 Å². The van der Waals surface area contributed by atoms with Gasteiger partial charge in [-0.1, -0.05) is 13.8 Å².